The molecule has 0 fully saturated rings. The molecule has 2 nitrogen and oxygen atoms in total. The maximum absolute atomic E-state index is 12.2. The van der Waals surface area contributed by atoms with Crippen molar-refractivity contribution in [2.24, 2.45) is 0 Å². The predicted molar refractivity (Wildman–Crippen MR) is 67.5 cm³/mol. The summed E-state index contributed by atoms with van der Waals surface area (Å²) in [5.74, 6) is 0. The van der Waals surface area contributed by atoms with Crippen molar-refractivity contribution in [2.45, 2.75) is 31.1 Å². The largest absolute Gasteiger partial charge is 0.392 e. The summed E-state index contributed by atoms with van der Waals surface area (Å²) < 4.78 is 12.2. The minimum absolute atomic E-state index is 0.0440. The Bertz CT molecular complexity index is 357. The first-order chi connectivity index (χ1) is 7.79. The molecular weight excluding hydrogens is 220 g/mol. The van der Waals surface area contributed by atoms with Crippen molar-refractivity contribution < 1.29 is 9.32 Å². The van der Waals surface area contributed by atoms with Crippen LogP contribution in [0.1, 0.15) is 26.2 Å². The second-order valence-corrected chi connectivity index (χ2v) is 5.07. The molecule has 1 unspecified atom stereocenters. The van der Waals surface area contributed by atoms with Gasteiger partial charge in [0.05, 0.1) is 17.4 Å². The van der Waals surface area contributed by atoms with Crippen molar-refractivity contribution in [2.75, 3.05) is 6.61 Å². The molecule has 0 aliphatic heterocycles. The monoisotopic (exact) mass is 238 g/mol. The van der Waals surface area contributed by atoms with E-state index in [0.29, 0.717) is 0 Å². The molecule has 16 heavy (non-hydrogen) atoms. The Hall–Kier alpha value is -0.930. The quantitative estimate of drug-likeness (QED) is 0.827. The summed E-state index contributed by atoms with van der Waals surface area (Å²) in [6.45, 7) is 2.06. The van der Waals surface area contributed by atoms with Gasteiger partial charge in [0.25, 0.3) is 0 Å². The van der Waals surface area contributed by atoms with Crippen LogP contribution in [0, 0.1) is 0 Å². The highest BCUT2D eigenvalue weighted by Crippen LogP contribution is 2.18. The second-order valence-electron chi connectivity index (χ2n) is 3.54. The zero-order chi connectivity index (χ0) is 11.8. The third kappa shape index (κ3) is 3.91. The topological polar surface area (TPSA) is 37.3 Å². The third-order valence-corrected chi connectivity index (χ3v) is 3.84. The van der Waals surface area contributed by atoms with Crippen LogP contribution in [0.2, 0.25) is 0 Å². The lowest BCUT2D eigenvalue weighted by atomic mass is 10.2. The van der Waals surface area contributed by atoms with E-state index < -0.39 is 10.8 Å². The first-order valence-electron chi connectivity index (χ1n) is 5.56. The molecule has 88 valence electrons. The molecule has 3 heteroatoms. The Balaban J connectivity index is 2.80. The minimum Gasteiger partial charge on any atom is -0.392 e. The highest BCUT2D eigenvalue weighted by molar-refractivity contribution is 7.89. The normalized spacial score (nSPS) is 13.8. The molecule has 1 aromatic rings. The summed E-state index contributed by atoms with van der Waals surface area (Å²) in [4.78, 5) is 1.63. The molecule has 0 aliphatic carbocycles. The molecule has 1 N–H and O–H groups in total. The molecule has 1 rings (SSSR count). The van der Waals surface area contributed by atoms with Gasteiger partial charge in [0.2, 0.25) is 0 Å². The third-order valence-electron chi connectivity index (χ3n) is 2.29. The van der Waals surface area contributed by atoms with E-state index in [2.05, 4.69) is 6.92 Å². The number of unbranched alkanes of at least 4 members (excludes halogenated alkanes) is 1. The highest BCUT2D eigenvalue weighted by atomic mass is 32.2. The molecule has 0 spiro atoms. The summed E-state index contributed by atoms with van der Waals surface area (Å²) in [7, 11) is -1.12. The average Bonchev–Trinajstić information content (AvgIpc) is 2.35. The fourth-order valence-electron chi connectivity index (χ4n) is 1.42. The van der Waals surface area contributed by atoms with Crippen molar-refractivity contribution in [3.63, 3.8) is 0 Å². The number of rotatable bonds is 6. The molecule has 0 aromatic heterocycles. The van der Waals surface area contributed by atoms with Gasteiger partial charge in [-0.3, -0.25) is 0 Å². The summed E-state index contributed by atoms with van der Waals surface area (Å²) in [6, 6.07) is 9.37. The van der Waals surface area contributed by atoms with Gasteiger partial charge in [-0.2, -0.15) is 0 Å². The van der Waals surface area contributed by atoms with Crippen LogP contribution in [-0.2, 0) is 10.8 Å². The van der Waals surface area contributed by atoms with Crippen molar-refractivity contribution in [1.29, 1.82) is 0 Å². The van der Waals surface area contributed by atoms with Gasteiger partial charge in [-0.1, -0.05) is 31.5 Å². The van der Waals surface area contributed by atoms with Crippen molar-refractivity contribution in [3.8, 4) is 0 Å². The molecule has 0 heterocycles. The maximum Gasteiger partial charge on any atom is 0.0805 e. The van der Waals surface area contributed by atoms with E-state index in [1.165, 1.54) is 0 Å². The van der Waals surface area contributed by atoms with E-state index in [1.54, 1.807) is 6.08 Å². The molecule has 0 saturated carbocycles. The van der Waals surface area contributed by atoms with E-state index in [1.807, 2.05) is 30.3 Å². The first-order valence-corrected chi connectivity index (χ1v) is 6.71. The van der Waals surface area contributed by atoms with Gasteiger partial charge in [0.1, 0.15) is 0 Å². The van der Waals surface area contributed by atoms with Crippen LogP contribution in [0.25, 0.3) is 0 Å². The van der Waals surface area contributed by atoms with Crippen LogP contribution in [0.4, 0.5) is 0 Å². The lowest BCUT2D eigenvalue weighted by molar-refractivity contribution is 0.342. The number of aliphatic hydroxyl groups is 1. The van der Waals surface area contributed by atoms with Gasteiger partial charge < -0.3 is 5.11 Å². The smallest absolute Gasteiger partial charge is 0.0805 e. The number of hydrogen-bond acceptors (Lipinski definition) is 2. The molecule has 1 aromatic carbocycles. The highest BCUT2D eigenvalue weighted by Gasteiger charge is 2.08. The van der Waals surface area contributed by atoms with Crippen LogP contribution in [0.3, 0.4) is 0 Å². The van der Waals surface area contributed by atoms with Crippen molar-refractivity contribution >= 4 is 10.8 Å². The lowest BCUT2D eigenvalue weighted by Gasteiger charge is -2.06. The zero-order valence-corrected chi connectivity index (χ0v) is 10.4. The van der Waals surface area contributed by atoms with E-state index in [-0.39, 0.29) is 6.61 Å². The molecule has 0 saturated heterocycles. The molecular formula is C13H18O2S. The Morgan fingerprint density at radius 2 is 2.06 bits per heavy atom. The Labute approximate surface area is 99.5 Å². The van der Waals surface area contributed by atoms with Crippen molar-refractivity contribution in [1.82, 2.24) is 0 Å². The van der Waals surface area contributed by atoms with E-state index in [0.717, 1.165) is 29.1 Å². The number of benzene rings is 1. The van der Waals surface area contributed by atoms with Crippen molar-refractivity contribution in [3.05, 3.63) is 41.3 Å². The standard InChI is InChI=1S/C13H18O2S/c1-2-3-7-13(10-11-14)16(15)12-8-5-4-6-9-12/h4-6,8-10,14H,2-3,7,11H2,1H3/b13-10-. The summed E-state index contributed by atoms with van der Waals surface area (Å²) >= 11 is 0. The summed E-state index contributed by atoms with van der Waals surface area (Å²) in [6.07, 6.45) is 4.52. The van der Waals surface area contributed by atoms with Gasteiger partial charge in [-0.25, -0.2) is 4.21 Å². The summed E-state index contributed by atoms with van der Waals surface area (Å²) in [5, 5.41) is 8.92. The van der Waals surface area contributed by atoms with E-state index in [4.69, 9.17) is 5.11 Å². The molecule has 0 aliphatic rings. The second kappa shape index (κ2) is 7.36. The first kappa shape index (κ1) is 13.1. The lowest BCUT2D eigenvalue weighted by Crippen LogP contribution is -1.98. The Morgan fingerprint density at radius 1 is 1.38 bits per heavy atom. The number of allylic oxidation sites excluding steroid dienone is 1. The molecule has 0 radical (unpaired) electrons. The zero-order valence-electron chi connectivity index (χ0n) is 9.56. The fraction of sp³-hybridized carbons (Fsp3) is 0.385. The van der Waals surface area contributed by atoms with Gasteiger partial charge in [-0.15, -0.1) is 0 Å². The van der Waals surface area contributed by atoms with Crippen LogP contribution >= 0.6 is 0 Å². The van der Waals surface area contributed by atoms with Crippen LogP contribution in [0.15, 0.2) is 46.2 Å². The van der Waals surface area contributed by atoms with E-state index >= 15 is 0 Å². The van der Waals surface area contributed by atoms with Crippen LogP contribution < -0.4 is 0 Å². The average molecular weight is 238 g/mol. The van der Waals surface area contributed by atoms with Gasteiger partial charge in [-0.05, 0) is 31.1 Å². The number of hydrogen-bond donors (Lipinski definition) is 1. The predicted octanol–water partition coefficient (Wildman–Crippen LogP) is 2.86. The molecule has 0 amide bonds. The van der Waals surface area contributed by atoms with Gasteiger partial charge in [0, 0.05) is 9.80 Å². The Morgan fingerprint density at radius 3 is 2.62 bits per heavy atom. The molecule has 0 bridgehead atoms. The van der Waals surface area contributed by atoms with Crippen LogP contribution in [0.5, 0.6) is 0 Å². The maximum atomic E-state index is 12.2. The molecule has 1 atom stereocenters. The van der Waals surface area contributed by atoms with Gasteiger partial charge in [0.15, 0.2) is 0 Å². The van der Waals surface area contributed by atoms with Crippen LogP contribution in [-0.4, -0.2) is 15.9 Å². The van der Waals surface area contributed by atoms with E-state index in [9.17, 15) is 4.21 Å². The fourth-order valence-corrected chi connectivity index (χ4v) is 2.68. The summed E-state index contributed by atoms with van der Waals surface area (Å²) in [5.41, 5.74) is 0. The minimum atomic E-state index is -1.12. The Kier molecular flexibility index (Phi) is 6.04. The SMILES string of the molecule is CCCC/C(=C/CO)S(=O)c1ccccc1. The number of aliphatic hydroxyl groups excluding tert-OH is 1. The van der Waals surface area contributed by atoms with Gasteiger partial charge >= 0.3 is 0 Å².